The highest BCUT2D eigenvalue weighted by molar-refractivity contribution is 5.90. The van der Waals surface area contributed by atoms with Crippen molar-refractivity contribution in [3.05, 3.63) is 29.2 Å². The number of nitrogens with two attached hydrogens (primary N) is 2. The summed E-state index contributed by atoms with van der Waals surface area (Å²) >= 11 is 0. The van der Waals surface area contributed by atoms with Gasteiger partial charge in [0.15, 0.2) is 5.82 Å². The third kappa shape index (κ3) is 1.80. The number of aromatic nitrogens is 4. The summed E-state index contributed by atoms with van der Waals surface area (Å²) in [7, 11) is 1.80. The summed E-state index contributed by atoms with van der Waals surface area (Å²) < 4.78 is 3.23. The van der Waals surface area contributed by atoms with E-state index in [9.17, 15) is 4.79 Å². The van der Waals surface area contributed by atoms with Gasteiger partial charge in [-0.05, 0) is 13.0 Å². The van der Waals surface area contributed by atoms with Crippen LogP contribution in [0.5, 0.6) is 0 Å². The molecule has 2 rings (SSSR count). The summed E-state index contributed by atoms with van der Waals surface area (Å²) in [6, 6.07) is 1.56. The van der Waals surface area contributed by atoms with E-state index in [1.54, 1.807) is 28.7 Å². The Morgan fingerprint density at radius 3 is 2.71 bits per heavy atom. The maximum absolute atomic E-state index is 11.0. The van der Waals surface area contributed by atoms with Crippen molar-refractivity contribution < 1.29 is 4.79 Å². The molecule has 0 saturated heterocycles. The zero-order valence-electron chi connectivity index (χ0n) is 9.71. The lowest BCUT2D eigenvalue weighted by molar-refractivity contribution is 0.0995. The molecule has 2 aromatic rings. The Labute approximate surface area is 98.0 Å². The van der Waals surface area contributed by atoms with Crippen molar-refractivity contribution >= 4 is 5.91 Å². The molecule has 7 nitrogen and oxygen atoms in total. The normalized spacial score (nSPS) is 10.8. The van der Waals surface area contributed by atoms with Gasteiger partial charge in [-0.3, -0.25) is 9.48 Å². The van der Waals surface area contributed by atoms with E-state index in [1.165, 1.54) is 0 Å². The van der Waals surface area contributed by atoms with Crippen molar-refractivity contribution in [2.75, 3.05) is 0 Å². The summed E-state index contributed by atoms with van der Waals surface area (Å²) in [5.74, 6) is 0.189. The molecule has 0 bridgehead atoms. The van der Waals surface area contributed by atoms with Crippen LogP contribution in [0.25, 0.3) is 5.82 Å². The van der Waals surface area contributed by atoms with E-state index in [0.29, 0.717) is 6.54 Å². The Kier molecular flexibility index (Phi) is 2.68. The van der Waals surface area contributed by atoms with Gasteiger partial charge in [-0.25, -0.2) is 4.68 Å². The topological polar surface area (TPSA) is 105 Å². The van der Waals surface area contributed by atoms with Crippen molar-refractivity contribution in [3.63, 3.8) is 0 Å². The fraction of sp³-hybridized carbons (Fsp3) is 0.300. The number of hydrogen-bond acceptors (Lipinski definition) is 4. The van der Waals surface area contributed by atoms with Crippen LogP contribution in [-0.4, -0.2) is 25.5 Å². The van der Waals surface area contributed by atoms with Crippen LogP contribution >= 0.6 is 0 Å². The lowest BCUT2D eigenvalue weighted by atomic mass is 10.2. The first-order valence-corrected chi connectivity index (χ1v) is 5.13. The summed E-state index contributed by atoms with van der Waals surface area (Å²) in [6.45, 7) is 2.24. The third-order valence-electron chi connectivity index (χ3n) is 2.58. The van der Waals surface area contributed by atoms with Crippen LogP contribution in [0.15, 0.2) is 12.3 Å². The number of carbonyl (C=O) groups excluding carboxylic acids is 1. The van der Waals surface area contributed by atoms with E-state index in [4.69, 9.17) is 11.5 Å². The van der Waals surface area contributed by atoms with Crippen molar-refractivity contribution in [2.24, 2.45) is 18.5 Å². The van der Waals surface area contributed by atoms with E-state index in [0.717, 1.165) is 17.1 Å². The predicted molar refractivity (Wildman–Crippen MR) is 61.5 cm³/mol. The fourth-order valence-corrected chi connectivity index (χ4v) is 1.79. The van der Waals surface area contributed by atoms with Gasteiger partial charge in [0.25, 0.3) is 5.91 Å². The van der Waals surface area contributed by atoms with E-state index < -0.39 is 5.91 Å². The van der Waals surface area contributed by atoms with Gasteiger partial charge < -0.3 is 11.5 Å². The van der Waals surface area contributed by atoms with E-state index in [2.05, 4.69) is 10.2 Å². The van der Waals surface area contributed by atoms with Crippen LogP contribution in [0.1, 0.15) is 21.7 Å². The molecule has 0 spiro atoms. The maximum atomic E-state index is 11.0. The average molecular weight is 234 g/mol. The summed E-state index contributed by atoms with van der Waals surface area (Å²) in [5, 5.41) is 8.36. The summed E-state index contributed by atoms with van der Waals surface area (Å²) in [5.41, 5.74) is 12.8. The second kappa shape index (κ2) is 4.02. The van der Waals surface area contributed by atoms with E-state index in [1.807, 2.05) is 6.92 Å². The Bertz CT molecular complexity index is 567. The van der Waals surface area contributed by atoms with Crippen molar-refractivity contribution in [1.82, 2.24) is 19.6 Å². The zero-order chi connectivity index (χ0) is 12.6. The van der Waals surface area contributed by atoms with Gasteiger partial charge in [0.05, 0.1) is 5.69 Å². The Balaban J connectivity index is 2.55. The second-order valence-corrected chi connectivity index (χ2v) is 3.73. The second-order valence-electron chi connectivity index (χ2n) is 3.73. The number of amides is 1. The minimum atomic E-state index is -0.558. The molecule has 90 valence electrons. The number of carbonyl (C=O) groups is 1. The molecule has 0 aliphatic rings. The van der Waals surface area contributed by atoms with Gasteiger partial charge in [0, 0.05) is 25.4 Å². The monoisotopic (exact) mass is 234 g/mol. The van der Waals surface area contributed by atoms with Gasteiger partial charge in [-0.1, -0.05) is 0 Å². The number of hydrogen-bond donors (Lipinski definition) is 2. The van der Waals surface area contributed by atoms with Gasteiger partial charge in [-0.15, -0.1) is 0 Å². The number of primary amides is 1. The van der Waals surface area contributed by atoms with Gasteiger partial charge in [0.1, 0.15) is 5.69 Å². The van der Waals surface area contributed by atoms with Crippen LogP contribution in [0.3, 0.4) is 0 Å². The minimum Gasteiger partial charge on any atom is -0.364 e. The Morgan fingerprint density at radius 2 is 2.18 bits per heavy atom. The molecule has 7 heteroatoms. The van der Waals surface area contributed by atoms with E-state index in [-0.39, 0.29) is 5.69 Å². The van der Waals surface area contributed by atoms with E-state index >= 15 is 0 Å². The molecule has 0 atom stereocenters. The molecule has 17 heavy (non-hydrogen) atoms. The highest BCUT2D eigenvalue weighted by atomic mass is 16.1. The van der Waals surface area contributed by atoms with Crippen LogP contribution in [0.2, 0.25) is 0 Å². The highest BCUT2D eigenvalue weighted by Gasteiger charge is 2.15. The molecular formula is C10H14N6O. The number of aryl methyl sites for hydroxylation is 2. The Hall–Kier alpha value is -2.15. The van der Waals surface area contributed by atoms with Crippen LogP contribution in [-0.2, 0) is 13.6 Å². The molecule has 2 aromatic heterocycles. The first-order valence-electron chi connectivity index (χ1n) is 5.13. The summed E-state index contributed by atoms with van der Waals surface area (Å²) in [6.07, 6.45) is 1.66. The molecule has 0 aliphatic carbocycles. The van der Waals surface area contributed by atoms with Crippen LogP contribution < -0.4 is 11.5 Å². The van der Waals surface area contributed by atoms with Gasteiger partial charge in [0.2, 0.25) is 0 Å². The Morgan fingerprint density at radius 1 is 1.47 bits per heavy atom. The third-order valence-corrected chi connectivity index (χ3v) is 2.58. The highest BCUT2D eigenvalue weighted by Crippen LogP contribution is 2.16. The molecular weight excluding hydrogens is 220 g/mol. The number of nitrogens with zero attached hydrogens (tertiary/aromatic N) is 4. The molecule has 0 fully saturated rings. The first-order chi connectivity index (χ1) is 8.04. The van der Waals surface area contributed by atoms with Crippen molar-refractivity contribution in [2.45, 2.75) is 13.5 Å². The number of rotatable bonds is 3. The predicted octanol–water partition coefficient (Wildman–Crippen LogP) is -0.528. The van der Waals surface area contributed by atoms with Crippen molar-refractivity contribution in [1.29, 1.82) is 0 Å². The first kappa shape index (κ1) is 11.3. The molecule has 4 N–H and O–H groups in total. The molecule has 0 aliphatic heterocycles. The lowest BCUT2D eigenvalue weighted by Gasteiger charge is -2.04. The fourth-order valence-electron chi connectivity index (χ4n) is 1.79. The van der Waals surface area contributed by atoms with Crippen LogP contribution in [0.4, 0.5) is 0 Å². The van der Waals surface area contributed by atoms with Crippen LogP contribution in [0, 0.1) is 6.92 Å². The van der Waals surface area contributed by atoms with Gasteiger partial charge in [-0.2, -0.15) is 10.2 Å². The smallest absolute Gasteiger partial charge is 0.269 e. The summed E-state index contributed by atoms with van der Waals surface area (Å²) in [4.78, 5) is 11.0. The molecule has 2 heterocycles. The quantitative estimate of drug-likeness (QED) is 0.744. The molecule has 0 unspecified atom stereocenters. The SMILES string of the molecule is Cc1nn(C)c(-n2ccc(C(N)=O)n2)c1CN. The average Bonchev–Trinajstić information content (AvgIpc) is 2.82. The molecule has 0 aromatic carbocycles. The van der Waals surface area contributed by atoms with Crippen molar-refractivity contribution in [3.8, 4) is 5.82 Å². The maximum Gasteiger partial charge on any atom is 0.269 e. The molecule has 1 amide bonds. The standard InChI is InChI=1S/C10H14N6O/c1-6-7(5-11)10(15(2)13-6)16-4-3-8(14-16)9(12)17/h3-4H,5,11H2,1-2H3,(H2,12,17). The minimum absolute atomic E-state index is 0.215. The largest absolute Gasteiger partial charge is 0.364 e. The molecule has 0 radical (unpaired) electrons. The van der Waals surface area contributed by atoms with Gasteiger partial charge >= 0.3 is 0 Å². The zero-order valence-corrected chi connectivity index (χ0v) is 9.71. The lowest BCUT2D eigenvalue weighted by Crippen LogP contribution is -2.13. The molecule has 0 saturated carbocycles.